The molecular weight excluding hydrogens is 434 g/mol. The van der Waals surface area contributed by atoms with Gasteiger partial charge in [-0.3, -0.25) is 28.4 Å². The predicted molar refractivity (Wildman–Crippen MR) is 132 cm³/mol. The maximum atomic E-state index is 13.4. The van der Waals surface area contributed by atoms with E-state index in [1.165, 1.54) is 4.57 Å². The zero-order chi connectivity index (χ0) is 24.8. The van der Waals surface area contributed by atoms with Gasteiger partial charge < -0.3 is 10.6 Å². The van der Waals surface area contributed by atoms with Gasteiger partial charge in [0.05, 0.1) is 19.1 Å². The monoisotopic (exact) mass is 469 g/mol. The largest absolute Gasteiger partial charge is 0.384 e. The third-order valence-corrected chi connectivity index (χ3v) is 6.57. The van der Waals surface area contributed by atoms with E-state index in [2.05, 4.69) is 0 Å². The SMILES string of the molecule is CCN(CC)C(=O)C1CCCCN1CC(=O)c1c(N)n(Cc2ccccc2)c(=O)n(CC)c1=O. The van der Waals surface area contributed by atoms with Crippen molar-refractivity contribution in [3.63, 3.8) is 0 Å². The first kappa shape index (κ1) is 25.4. The lowest BCUT2D eigenvalue weighted by molar-refractivity contribution is -0.137. The average Bonchev–Trinajstić information content (AvgIpc) is 2.84. The number of piperidine rings is 1. The van der Waals surface area contributed by atoms with E-state index in [1.54, 1.807) is 11.8 Å². The smallest absolute Gasteiger partial charge is 0.332 e. The molecule has 0 bridgehead atoms. The molecule has 2 heterocycles. The number of Topliss-reactive ketones (excluding diaryl/α,β-unsaturated/α-hetero) is 1. The molecule has 1 aromatic heterocycles. The summed E-state index contributed by atoms with van der Waals surface area (Å²) in [5.74, 6) is -0.589. The number of nitrogen functional groups attached to an aromatic ring is 1. The molecule has 1 aliphatic heterocycles. The molecule has 9 heteroatoms. The molecule has 0 spiro atoms. The number of aromatic nitrogens is 2. The topological polar surface area (TPSA) is 111 Å². The lowest BCUT2D eigenvalue weighted by Crippen LogP contribution is -2.53. The van der Waals surface area contributed by atoms with E-state index in [1.807, 2.05) is 49.1 Å². The number of hydrogen-bond donors (Lipinski definition) is 1. The van der Waals surface area contributed by atoms with Crippen molar-refractivity contribution in [2.24, 2.45) is 0 Å². The molecule has 1 saturated heterocycles. The summed E-state index contributed by atoms with van der Waals surface area (Å²) in [5.41, 5.74) is 5.71. The minimum Gasteiger partial charge on any atom is -0.384 e. The number of likely N-dealkylation sites (tertiary alicyclic amines) is 1. The van der Waals surface area contributed by atoms with Crippen molar-refractivity contribution < 1.29 is 9.59 Å². The number of amides is 1. The summed E-state index contributed by atoms with van der Waals surface area (Å²) in [4.78, 5) is 56.2. The van der Waals surface area contributed by atoms with Crippen LogP contribution in [0.3, 0.4) is 0 Å². The Morgan fingerprint density at radius 1 is 1.03 bits per heavy atom. The molecule has 9 nitrogen and oxygen atoms in total. The van der Waals surface area contributed by atoms with Crippen LogP contribution in [0.4, 0.5) is 5.82 Å². The molecule has 2 aromatic rings. The van der Waals surface area contributed by atoms with Crippen molar-refractivity contribution in [1.82, 2.24) is 18.9 Å². The minimum atomic E-state index is -0.678. The Morgan fingerprint density at radius 3 is 2.32 bits per heavy atom. The molecule has 1 unspecified atom stereocenters. The molecular formula is C25H35N5O4. The van der Waals surface area contributed by atoms with Gasteiger partial charge >= 0.3 is 5.69 Å². The summed E-state index contributed by atoms with van der Waals surface area (Å²) in [6.07, 6.45) is 2.46. The number of hydrogen-bond acceptors (Lipinski definition) is 6. The van der Waals surface area contributed by atoms with Gasteiger partial charge in [0.1, 0.15) is 11.4 Å². The summed E-state index contributed by atoms with van der Waals surface area (Å²) in [5, 5.41) is 0. The van der Waals surface area contributed by atoms with E-state index in [9.17, 15) is 19.2 Å². The number of rotatable bonds is 9. The highest BCUT2D eigenvalue weighted by atomic mass is 16.2. The number of nitrogens with zero attached hydrogens (tertiary/aromatic N) is 4. The maximum Gasteiger partial charge on any atom is 0.332 e. The first-order valence-electron chi connectivity index (χ1n) is 12.1. The fraction of sp³-hybridized carbons (Fsp3) is 0.520. The third kappa shape index (κ3) is 5.14. The molecule has 0 radical (unpaired) electrons. The summed E-state index contributed by atoms with van der Waals surface area (Å²) in [6, 6.07) is 8.87. The van der Waals surface area contributed by atoms with Gasteiger partial charge in [0.2, 0.25) is 5.91 Å². The second-order valence-corrected chi connectivity index (χ2v) is 8.58. The number of ketones is 1. The highest BCUT2D eigenvalue weighted by molar-refractivity contribution is 6.01. The molecule has 0 aliphatic carbocycles. The van der Waals surface area contributed by atoms with E-state index >= 15 is 0 Å². The number of carbonyl (C=O) groups is 2. The molecule has 34 heavy (non-hydrogen) atoms. The average molecular weight is 470 g/mol. The molecule has 2 N–H and O–H groups in total. The van der Waals surface area contributed by atoms with E-state index in [0.29, 0.717) is 26.1 Å². The lowest BCUT2D eigenvalue weighted by atomic mass is 9.99. The van der Waals surface area contributed by atoms with Gasteiger partial charge in [0.15, 0.2) is 5.78 Å². The molecule has 184 valence electrons. The normalized spacial score (nSPS) is 16.4. The third-order valence-electron chi connectivity index (χ3n) is 6.57. The van der Waals surface area contributed by atoms with Crippen LogP contribution in [-0.4, -0.2) is 62.8 Å². The van der Waals surface area contributed by atoms with Gasteiger partial charge in [-0.15, -0.1) is 0 Å². The summed E-state index contributed by atoms with van der Waals surface area (Å²) in [6.45, 7) is 7.53. The number of benzene rings is 1. The second kappa shape index (κ2) is 11.3. The number of nitrogens with two attached hydrogens (primary N) is 1. The Balaban J connectivity index is 1.97. The van der Waals surface area contributed by atoms with E-state index in [4.69, 9.17) is 5.73 Å². The summed E-state index contributed by atoms with van der Waals surface area (Å²) < 4.78 is 2.32. The Labute approximate surface area is 199 Å². The van der Waals surface area contributed by atoms with Crippen LogP contribution in [-0.2, 0) is 17.9 Å². The van der Waals surface area contributed by atoms with Crippen molar-refractivity contribution in [2.75, 3.05) is 31.9 Å². The van der Waals surface area contributed by atoms with Crippen molar-refractivity contribution in [3.05, 3.63) is 62.3 Å². The number of likely N-dealkylation sites (N-methyl/N-ethyl adjacent to an activating group) is 1. The van der Waals surface area contributed by atoms with Crippen LogP contribution < -0.4 is 17.0 Å². The van der Waals surface area contributed by atoms with Gasteiger partial charge in [0, 0.05) is 19.6 Å². The van der Waals surface area contributed by atoms with Gasteiger partial charge in [-0.25, -0.2) is 4.79 Å². The van der Waals surface area contributed by atoms with Crippen molar-refractivity contribution in [2.45, 2.75) is 59.2 Å². The first-order valence-corrected chi connectivity index (χ1v) is 12.1. The van der Waals surface area contributed by atoms with E-state index < -0.39 is 23.1 Å². The van der Waals surface area contributed by atoms with Crippen molar-refractivity contribution in [1.29, 1.82) is 0 Å². The van der Waals surface area contributed by atoms with Gasteiger partial charge in [-0.05, 0) is 45.7 Å². The Bertz CT molecular complexity index is 1130. The molecule has 1 amide bonds. The maximum absolute atomic E-state index is 13.4. The molecule has 1 aliphatic rings. The summed E-state index contributed by atoms with van der Waals surface area (Å²) >= 11 is 0. The van der Waals surface area contributed by atoms with Crippen LogP contribution in [0.2, 0.25) is 0 Å². The fourth-order valence-electron chi connectivity index (χ4n) is 4.64. The van der Waals surface area contributed by atoms with E-state index in [-0.39, 0.29) is 36.9 Å². The second-order valence-electron chi connectivity index (χ2n) is 8.58. The van der Waals surface area contributed by atoms with Gasteiger partial charge in [0.25, 0.3) is 5.56 Å². The molecule has 3 rings (SSSR count). The Morgan fingerprint density at radius 2 is 1.71 bits per heavy atom. The highest BCUT2D eigenvalue weighted by Gasteiger charge is 2.33. The Hall–Kier alpha value is -3.20. The van der Waals surface area contributed by atoms with Crippen LogP contribution in [0.1, 0.15) is 56.0 Å². The Kier molecular flexibility index (Phi) is 8.44. The van der Waals surface area contributed by atoms with Crippen LogP contribution in [0.5, 0.6) is 0 Å². The molecule has 1 aromatic carbocycles. The minimum absolute atomic E-state index is 0.00508. The van der Waals surface area contributed by atoms with Crippen molar-refractivity contribution >= 4 is 17.5 Å². The predicted octanol–water partition coefficient (Wildman–Crippen LogP) is 1.57. The zero-order valence-corrected chi connectivity index (χ0v) is 20.3. The first-order chi connectivity index (χ1) is 16.3. The number of carbonyl (C=O) groups excluding carboxylic acids is 2. The molecule has 1 atom stereocenters. The zero-order valence-electron chi connectivity index (χ0n) is 20.3. The molecule has 0 saturated carbocycles. The number of anilines is 1. The van der Waals surface area contributed by atoms with Gasteiger partial charge in [-0.2, -0.15) is 0 Å². The summed E-state index contributed by atoms with van der Waals surface area (Å²) in [7, 11) is 0. The standard InChI is InChI=1S/C25H35N5O4/c1-4-27(5-2)23(32)19-14-10-11-15-28(19)17-20(31)21-22(26)30(16-18-12-8-7-9-13-18)25(34)29(6-3)24(21)33/h7-9,12-13,19H,4-6,10-11,14-17,26H2,1-3H3. The van der Waals surface area contributed by atoms with Crippen LogP contribution in [0, 0.1) is 0 Å². The van der Waals surface area contributed by atoms with Crippen LogP contribution in [0.15, 0.2) is 39.9 Å². The van der Waals surface area contributed by atoms with Crippen LogP contribution in [0.25, 0.3) is 0 Å². The fourth-order valence-corrected chi connectivity index (χ4v) is 4.64. The van der Waals surface area contributed by atoms with E-state index in [0.717, 1.165) is 23.0 Å². The highest BCUT2D eigenvalue weighted by Crippen LogP contribution is 2.20. The lowest BCUT2D eigenvalue weighted by Gasteiger charge is -2.36. The molecule has 1 fully saturated rings. The quantitative estimate of drug-likeness (QED) is 0.558. The van der Waals surface area contributed by atoms with Gasteiger partial charge in [-0.1, -0.05) is 36.8 Å². The van der Waals surface area contributed by atoms with Crippen LogP contribution >= 0.6 is 0 Å². The van der Waals surface area contributed by atoms with Crippen molar-refractivity contribution in [3.8, 4) is 0 Å².